The van der Waals surface area contributed by atoms with Crippen molar-refractivity contribution in [3.05, 3.63) is 11.9 Å². The first-order chi connectivity index (χ1) is 9.55. The highest BCUT2D eigenvalue weighted by Gasteiger charge is 2.42. The van der Waals surface area contributed by atoms with E-state index in [0.29, 0.717) is 12.3 Å². The topological polar surface area (TPSA) is 68.0 Å². The summed E-state index contributed by atoms with van der Waals surface area (Å²) in [5.41, 5.74) is 0.167. The van der Waals surface area contributed by atoms with E-state index >= 15 is 0 Å². The number of aryl methyl sites for hydroxylation is 1. The minimum Gasteiger partial charge on any atom is -0.481 e. The molecule has 0 atom stereocenters. The SMILES string of the molecule is CCCCC1CCC(Cc2cn(C)nn2)(C(=O)O)CC1. The molecule has 20 heavy (non-hydrogen) atoms. The van der Waals surface area contributed by atoms with Crippen molar-refractivity contribution < 1.29 is 9.90 Å². The number of carboxylic acids is 1. The normalized spacial score (nSPS) is 26.6. The van der Waals surface area contributed by atoms with Crippen LogP contribution in [0.15, 0.2) is 6.20 Å². The van der Waals surface area contributed by atoms with E-state index in [4.69, 9.17) is 0 Å². The molecule has 0 saturated heterocycles. The standard InChI is InChI=1S/C15H25N3O2/c1-3-4-5-12-6-8-15(9-7-12,14(19)20)10-13-11-18(2)17-16-13/h11-12H,3-10H2,1-2H3,(H,19,20). The number of aromatic nitrogens is 3. The van der Waals surface area contributed by atoms with E-state index < -0.39 is 11.4 Å². The van der Waals surface area contributed by atoms with E-state index in [0.717, 1.165) is 31.4 Å². The summed E-state index contributed by atoms with van der Waals surface area (Å²) in [6.07, 6.45) is 9.68. The van der Waals surface area contributed by atoms with Crippen LogP contribution in [0.4, 0.5) is 0 Å². The second kappa shape index (κ2) is 6.37. The van der Waals surface area contributed by atoms with Crippen LogP contribution in [-0.4, -0.2) is 26.1 Å². The number of aliphatic carboxylic acids is 1. The summed E-state index contributed by atoms with van der Waals surface area (Å²) in [4.78, 5) is 11.8. The lowest BCUT2D eigenvalue weighted by atomic mass is 9.67. The summed E-state index contributed by atoms with van der Waals surface area (Å²) < 4.78 is 1.64. The summed E-state index contributed by atoms with van der Waals surface area (Å²) in [7, 11) is 1.81. The van der Waals surface area contributed by atoms with Gasteiger partial charge in [-0.2, -0.15) is 0 Å². The predicted octanol–water partition coefficient (Wildman–Crippen LogP) is 2.81. The third-order valence-electron chi connectivity index (χ3n) is 4.65. The van der Waals surface area contributed by atoms with Crippen molar-refractivity contribution >= 4 is 5.97 Å². The largest absolute Gasteiger partial charge is 0.481 e. The fourth-order valence-electron chi connectivity index (χ4n) is 3.30. The highest BCUT2D eigenvalue weighted by molar-refractivity contribution is 5.75. The molecule has 1 N–H and O–H groups in total. The van der Waals surface area contributed by atoms with E-state index in [1.807, 2.05) is 13.2 Å². The van der Waals surface area contributed by atoms with Crippen LogP contribution >= 0.6 is 0 Å². The van der Waals surface area contributed by atoms with Crippen LogP contribution in [0, 0.1) is 11.3 Å². The maximum Gasteiger partial charge on any atom is 0.310 e. The second-order valence-electron chi connectivity index (χ2n) is 6.23. The summed E-state index contributed by atoms with van der Waals surface area (Å²) in [5, 5.41) is 17.6. The van der Waals surface area contributed by atoms with Gasteiger partial charge in [0.1, 0.15) is 0 Å². The van der Waals surface area contributed by atoms with Gasteiger partial charge in [0.2, 0.25) is 0 Å². The molecule has 5 heteroatoms. The minimum atomic E-state index is -0.669. The molecule has 0 aliphatic heterocycles. The van der Waals surface area contributed by atoms with Crippen molar-refractivity contribution in [2.75, 3.05) is 0 Å². The van der Waals surface area contributed by atoms with E-state index in [1.54, 1.807) is 4.68 Å². The zero-order chi connectivity index (χ0) is 14.6. The lowest BCUT2D eigenvalue weighted by molar-refractivity contribution is -0.151. The molecule has 1 aromatic heterocycles. The van der Waals surface area contributed by atoms with Crippen LogP contribution in [0.3, 0.4) is 0 Å². The van der Waals surface area contributed by atoms with Crippen LogP contribution in [0.25, 0.3) is 0 Å². The molecule has 1 aliphatic carbocycles. The molecule has 5 nitrogen and oxygen atoms in total. The maximum absolute atomic E-state index is 11.8. The number of hydrogen-bond donors (Lipinski definition) is 1. The maximum atomic E-state index is 11.8. The van der Waals surface area contributed by atoms with Gasteiger partial charge in [0.25, 0.3) is 0 Å². The molecule has 1 aliphatic rings. The number of carbonyl (C=O) groups is 1. The number of hydrogen-bond acceptors (Lipinski definition) is 3. The Morgan fingerprint density at radius 1 is 1.50 bits per heavy atom. The molecule has 0 radical (unpaired) electrons. The van der Waals surface area contributed by atoms with Gasteiger partial charge in [0.15, 0.2) is 0 Å². The van der Waals surface area contributed by atoms with Gasteiger partial charge < -0.3 is 5.11 Å². The summed E-state index contributed by atoms with van der Waals surface area (Å²) >= 11 is 0. The molecule has 0 spiro atoms. The van der Waals surface area contributed by atoms with Crippen LogP contribution < -0.4 is 0 Å². The van der Waals surface area contributed by atoms with E-state index in [9.17, 15) is 9.90 Å². The van der Waals surface area contributed by atoms with E-state index in [1.165, 1.54) is 19.3 Å². The molecular formula is C15H25N3O2. The first-order valence-electron chi connectivity index (χ1n) is 7.64. The van der Waals surface area contributed by atoms with Gasteiger partial charge in [0, 0.05) is 19.7 Å². The van der Waals surface area contributed by atoms with Gasteiger partial charge in [0.05, 0.1) is 11.1 Å². The van der Waals surface area contributed by atoms with Crippen molar-refractivity contribution in [1.29, 1.82) is 0 Å². The zero-order valence-electron chi connectivity index (χ0n) is 12.5. The van der Waals surface area contributed by atoms with Gasteiger partial charge in [-0.3, -0.25) is 9.48 Å². The molecule has 0 aromatic carbocycles. The smallest absolute Gasteiger partial charge is 0.310 e. The van der Waals surface area contributed by atoms with Crippen LogP contribution in [-0.2, 0) is 18.3 Å². The molecule has 0 unspecified atom stereocenters. The summed E-state index contributed by atoms with van der Waals surface area (Å²) in [5.74, 6) is 0.0429. The Balaban J connectivity index is 2.00. The molecule has 1 saturated carbocycles. The van der Waals surface area contributed by atoms with Crippen molar-refractivity contribution in [3.8, 4) is 0 Å². The van der Waals surface area contributed by atoms with Gasteiger partial charge in [-0.15, -0.1) is 5.10 Å². The molecular weight excluding hydrogens is 254 g/mol. The number of carboxylic acid groups (broad SMARTS) is 1. The monoisotopic (exact) mass is 279 g/mol. The molecule has 1 heterocycles. The van der Waals surface area contributed by atoms with Gasteiger partial charge in [-0.1, -0.05) is 31.4 Å². The molecule has 2 rings (SSSR count). The molecule has 1 aromatic rings. The zero-order valence-corrected chi connectivity index (χ0v) is 12.5. The predicted molar refractivity (Wildman–Crippen MR) is 76.3 cm³/mol. The summed E-state index contributed by atoms with van der Waals surface area (Å²) in [6.45, 7) is 2.21. The molecule has 0 bridgehead atoms. The highest BCUT2D eigenvalue weighted by atomic mass is 16.4. The molecule has 112 valence electrons. The lowest BCUT2D eigenvalue weighted by Crippen LogP contribution is -2.37. The van der Waals surface area contributed by atoms with Gasteiger partial charge in [-0.25, -0.2) is 0 Å². The molecule has 0 amide bonds. The summed E-state index contributed by atoms with van der Waals surface area (Å²) in [6, 6.07) is 0. The van der Waals surface area contributed by atoms with Crippen LogP contribution in [0.1, 0.15) is 57.6 Å². The van der Waals surface area contributed by atoms with Crippen LogP contribution in [0.5, 0.6) is 0 Å². The van der Waals surface area contributed by atoms with Crippen LogP contribution in [0.2, 0.25) is 0 Å². The Bertz CT molecular complexity index is 448. The lowest BCUT2D eigenvalue weighted by Gasteiger charge is -2.36. The number of unbranched alkanes of at least 4 members (excludes halogenated alkanes) is 1. The van der Waals surface area contributed by atoms with Crippen molar-refractivity contribution in [2.24, 2.45) is 18.4 Å². The Morgan fingerprint density at radius 2 is 2.20 bits per heavy atom. The quantitative estimate of drug-likeness (QED) is 0.869. The Morgan fingerprint density at radius 3 is 2.70 bits per heavy atom. The van der Waals surface area contributed by atoms with Gasteiger partial charge in [-0.05, 0) is 31.6 Å². The first kappa shape index (κ1) is 15.0. The third kappa shape index (κ3) is 3.38. The number of nitrogens with zero attached hydrogens (tertiary/aromatic N) is 3. The van der Waals surface area contributed by atoms with Crippen molar-refractivity contribution in [1.82, 2.24) is 15.0 Å². The Hall–Kier alpha value is -1.39. The minimum absolute atomic E-state index is 0.511. The Labute approximate surface area is 120 Å². The average molecular weight is 279 g/mol. The van der Waals surface area contributed by atoms with Crippen molar-refractivity contribution in [2.45, 2.75) is 58.3 Å². The average Bonchev–Trinajstić information content (AvgIpc) is 2.83. The fourth-order valence-corrected chi connectivity index (χ4v) is 3.30. The first-order valence-corrected chi connectivity index (χ1v) is 7.64. The van der Waals surface area contributed by atoms with E-state index in [2.05, 4.69) is 17.2 Å². The van der Waals surface area contributed by atoms with Gasteiger partial charge >= 0.3 is 5.97 Å². The fraction of sp³-hybridized carbons (Fsp3) is 0.800. The second-order valence-corrected chi connectivity index (χ2v) is 6.23. The van der Waals surface area contributed by atoms with Crippen molar-refractivity contribution in [3.63, 3.8) is 0 Å². The Kier molecular flexibility index (Phi) is 4.78. The third-order valence-corrected chi connectivity index (χ3v) is 4.65. The highest BCUT2D eigenvalue weighted by Crippen LogP contribution is 2.42. The van der Waals surface area contributed by atoms with E-state index in [-0.39, 0.29) is 0 Å². The molecule has 1 fully saturated rings. The number of rotatable bonds is 6.